The van der Waals surface area contributed by atoms with Gasteiger partial charge in [0.1, 0.15) is 0 Å². The first-order valence-corrected chi connectivity index (χ1v) is 5.18. The number of hydrogen-bond donors (Lipinski definition) is 0. The van der Waals surface area contributed by atoms with Crippen molar-refractivity contribution >= 4 is 15.9 Å². The molecule has 65 valence electrons. The average Bonchev–Trinajstić information content (AvgIpc) is 2.09. The molecule has 1 heteroatoms. The van der Waals surface area contributed by atoms with Crippen LogP contribution in [0.2, 0.25) is 0 Å². The van der Waals surface area contributed by atoms with Crippen molar-refractivity contribution in [1.82, 2.24) is 0 Å². The monoisotopic (exact) mass is 225 g/mol. The Balaban J connectivity index is 3.19. The van der Waals surface area contributed by atoms with Crippen molar-refractivity contribution in [2.24, 2.45) is 0 Å². The van der Waals surface area contributed by atoms with Crippen LogP contribution in [0.5, 0.6) is 0 Å². The molecular weight excluding hydrogens is 212 g/mol. The van der Waals surface area contributed by atoms with Gasteiger partial charge in [0.15, 0.2) is 0 Å². The lowest BCUT2D eigenvalue weighted by molar-refractivity contribution is 1.06. The average molecular weight is 226 g/mol. The Bertz CT molecular complexity index is 277. The molecule has 0 atom stereocenters. The fourth-order valence-corrected chi connectivity index (χ4v) is 1.78. The van der Waals surface area contributed by atoms with Gasteiger partial charge >= 0.3 is 0 Å². The normalized spacial score (nSPS) is 10.3. The molecule has 0 saturated carbocycles. The van der Waals surface area contributed by atoms with Gasteiger partial charge in [-0.05, 0) is 42.5 Å². The highest BCUT2D eigenvalue weighted by Crippen LogP contribution is 2.23. The van der Waals surface area contributed by atoms with Crippen molar-refractivity contribution in [3.63, 3.8) is 0 Å². The summed E-state index contributed by atoms with van der Waals surface area (Å²) in [6.45, 7) is 6.46. The van der Waals surface area contributed by atoms with Gasteiger partial charge < -0.3 is 0 Å². The van der Waals surface area contributed by atoms with Gasteiger partial charge in [-0.3, -0.25) is 0 Å². The van der Waals surface area contributed by atoms with Gasteiger partial charge in [-0.15, -0.1) is 0 Å². The molecule has 0 amide bonds. The van der Waals surface area contributed by atoms with E-state index in [-0.39, 0.29) is 0 Å². The van der Waals surface area contributed by atoms with E-state index >= 15 is 0 Å². The lowest BCUT2D eigenvalue weighted by atomic mass is 10.0. The highest BCUT2D eigenvalue weighted by atomic mass is 79.9. The third-order valence-electron chi connectivity index (χ3n) is 2.05. The van der Waals surface area contributed by atoms with E-state index in [1.54, 1.807) is 0 Å². The number of hydrogen-bond acceptors (Lipinski definition) is 0. The van der Waals surface area contributed by atoms with Crippen LogP contribution in [0.15, 0.2) is 10.5 Å². The SMILES string of the molecule is CCc1[c]c(CC)c(Br)c(C)c1. The molecule has 0 unspecified atom stereocenters. The molecule has 0 saturated heterocycles. The van der Waals surface area contributed by atoms with Crippen molar-refractivity contribution in [3.05, 3.63) is 33.3 Å². The minimum atomic E-state index is 1.05. The van der Waals surface area contributed by atoms with Gasteiger partial charge in [-0.1, -0.05) is 35.8 Å². The predicted octanol–water partition coefficient (Wildman–Crippen LogP) is 3.68. The van der Waals surface area contributed by atoms with E-state index in [0.717, 1.165) is 12.8 Å². The summed E-state index contributed by atoms with van der Waals surface area (Å²) in [5, 5.41) is 0. The molecule has 0 aliphatic heterocycles. The summed E-state index contributed by atoms with van der Waals surface area (Å²) in [5.41, 5.74) is 3.93. The zero-order valence-corrected chi connectivity index (χ0v) is 9.46. The minimum absolute atomic E-state index is 1.05. The fourth-order valence-electron chi connectivity index (χ4n) is 1.28. The van der Waals surface area contributed by atoms with Gasteiger partial charge in [-0.25, -0.2) is 0 Å². The second kappa shape index (κ2) is 4.08. The zero-order valence-electron chi connectivity index (χ0n) is 7.87. The van der Waals surface area contributed by atoms with Crippen LogP contribution in [-0.4, -0.2) is 0 Å². The molecule has 1 radical (unpaired) electrons. The third kappa shape index (κ3) is 1.89. The molecule has 1 rings (SSSR count). The van der Waals surface area contributed by atoms with Gasteiger partial charge in [0.05, 0.1) is 0 Å². The summed E-state index contributed by atoms with van der Waals surface area (Å²) >= 11 is 3.57. The van der Waals surface area contributed by atoms with Crippen LogP contribution in [0.4, 0.5) is 0 Å². The second-order valence-electron chi connectivity index (χ2n) is 2.98. The van der Waals surface area contributed by atoms with Crippen molar-refractivity contribution in [3.8, 4) is 0 Å². The van der Waals surface area contributed by atoms with Crippen LogP contribution in [0.3, 0.4) is 0 Å². The Morgan fingerprint density at radius 1 is 1.33 bits per heavy atom. The number of aryl methyl sites for hydroxylation is 3. The van der Waals surface area contributed by atoms with Crippen molar-refractivity contribution in [1.29, 1.82) is 0 Å². The lowest BCUT2D eigenvalue weighted by Crippen LogP contribution is -1.91. The van der Waals surface area contributed by atoms with Crippen LogP contribution >= 0.6 is 15.9 Å². The van der Waals surface area contributed by atoms with Crippen molar-refractivity contribution in [2.75, 3.05) is 0 Å². The van der Waals surface area contributed by atoms with E-state index in [9.17, 15) is 0 Å². The highest BCUT2D eigenvalue weighted by Gasteiger charge is 2.03. The fraction of sp³-hybridized carbons (Fsp3) is 0.455. The zero-order chi connectivity index (χ0) is 9.14. The van der Waals surface area contributed by atoms with Crippen LogP contribution in [-0.2, 0) is 12.8 Å². The van der Waals surface area contributed by atoms with Crippen molar-refractivity contribution < 1.29 is 0 Å². The molecule has 0 aliphatic carbocycles. The van der Waals surface area contributed by atoms with E-state index in [4.69, 9.17) is 0 Å². The van der Waals surface area contributed by atoms with Crippen molar-refractivity contribution in [2.45, 2.75) is 33.6 Å². The Hall–Kier alpha value is -0.300. The van der Waals surface area contributed by atoms with Crippen LogP contribution in [0.1, 0.15) is 30.5 Å². The molecule has 0 fully saturated rings. The first-order chi connectivity index (χ1) is 5.69. The smallest absolute Gasteiger partial charge is 0.0242 e. The van der Waals surface area contributed by atoms with E-state index in [1.165, 1.54) is 21.2 Å². The van der Waals surface area contributed by atoms with E-state index in [2.05, 4.69) is 48.8 Å². The van der Waals surface area contributed by atoms with E-state index in [1.807, 2.05) is 0 Å². The Labute approximate surface area is 83.1 Å². The summed E-state index contributed by atoms with van der Waals surface area (Å²) in [6, 6.07) is 5.60. The van der Waals surface area contributed by atoms with Crippen LogP contribution in [0, 0.1) is 13.0 Å². The first-order valence-electron chi connectivity index (χ1n) is 4.39. The molecule has 1 aromatic carbocycles. The predicted molar refractivity (Wildman–Crippen MR) is 56.5 cm³/mol. The molecule has 0 spiro atoms. The quantitative estimate of drug-likeness (QED) is 0.721. The number of halogens is 1. The minimum Gasteiger partial charge on any atom is -0.0613 e. The number of rotatable bonds is 2. The Morgan fingerprint density at radius 3 is 2.50 bits per heavy atom. The van der Waals surface area contributed by atoms with Crippen LogP contribution in [0.25, 0.3) is 0 Å². The van der Waals surface area contributed by atoms with Gasteiger partial charge in [0.25, 0.3) is 0 Å². The highest BCUT2D eigenvalue weighted by molar-refractivity contribution is 9.10. The summed E-state index contributed by atoms with van der Waals surface area (Å²) in [5.74, 6) is 0. The lowest BCUT2D eigenvalue weighted by Gasteiger charge is -2.07. The molecule has 0 N–H and O–H groups in total. The Morgan fingerprint density at radius 2 is 2.00 bits per heavy atom. The first kappa shape index (κ1) is 9.79. The maximum Gasteiger partial charge on any atom is 0.0242 e. The summed E-state index contributed by atoms with van der Waals surface area (Å²) in [4.78, 5) is 0. The third-order valence-corrected chi connectivity index (χ3v) is 3.15. The standard InChI is InChI=1S/C11H14Br/c1-4-9-6-8(3)11(12)10(5-2)7-9/h6H,4-5H2,1-3H3. The molecular formula is C11H14Br. The summed E-state index contributed by atoms with van der Waals surface area (Å²) in [7, 11) is 0. The summed E-state index contributed by atoms with van der Waals surface area (Å²) < 4.78 is 1.22. The van der Waals surface area contributed by atoms with Crippen LogP contribution < -0.4 is 0 Å². The molecule has 0 aromatic heterocycles. The molecule has 0 heterocycles. The van der Waals surface area contributed by atoms with Gasteiger partial charge in [0.2, 0.25) is 0 Å². The van der Waals surface area contributed by atoms with E-state index in [0.29, 0.717) is 0 Å². The second-order valence-corrected chi connectivity index (χ2v) is 3.77. The molecule has 1 aromatic rings. The molecule has 12 heavy (non-hydrogen) atoms. The van der Waals surface area contributed by atoms with Gasteiger partial charge in [0, 0.05) is 4.47 Å². The maximum absolute atomic E-state index is 3.57. The largest absolute Gasteiger partial charge is 0.0613 e. The topological polar surface area (TPSA) is 0 Å². The molecule has 0 aliphatic rings. The van der Waals surface area contributed by atoms with E-state index < -0.39 is 0 Å². The molecule has 0 nitrogen and oxygen atoms in total. The number of benzene rings is 1. The molecule has 0 bridgehead atoms. The van der Waals surface area contributed by atoms with Gasteiger partial charge in [-0.2, -0.15) is 0 Å². The summed E-state index contributed by atoms with van der Waals surface area (Å²) in [6.07, 6.45) is 2.12. The maximum atomic E-state index is 3.57. The Kier molecular flexibility index (Phi) is 3.33.